The third-order valence-corrected chi connectivity index (χ3v) is 1.23. The van der Waals surface area contributed by atoms with Gasteiger partial charge in [0, 0.05) is 6.67 Å². The lowest BCUT2D eigenvalue weighted by molar-refractivity contribution is 0.569. The van der Waals surface area contributed by atoms with Crippen molar-refractivity contribution in [3.05, 3.63) is 0 Å². The Morgan fingerprint density at radius 3 is 2.50 bits per heavy atom. The fourth-order valence-electron chi connectivity index (χ4n) is 0.669. The highest BCUT2D eigenvalue weighted by atomic mass is 15.0. The van der Waals surface area contributed by atoms with Gasteiger partial charge < -0.3 is 16.4 Å². The van der Waals surface area contributed by atoms with E-state index in [0.29, 0.717) is 0 Å². The van der Waals surface area contributed by atoms with Crippen molar-refractivity contribution in [3.8, 4) is 0 Å². The molecule has 0 aromatic rings. The molecule has 0 amide bonds. The van der Waals surface area contributed by atoms with Crippen LogP contribution in [0.25, 0.3) is 0 Å². The maximum absolute atomic E-state index is 5.31. The number of nitrogens with one attached hydrogen (secondary N) is 2. The zero-order chi connectivity index (χ0) is 7.66. The van der Waals surface area contributed by atoms with Gasteiger partial charge in [0.1, 0.15) is 0 Å². The van der Waals surface area contributed by atoms with Gasteiger partial charge >= 0.3 is 0 Å². The molecule has 0 rings (SSSR count). The minimum absolute atomic E-state index is 0.779. The van der Waals surface area contributed by atoms with Crippen LogP contribution in [0.4, 0.5) is 0 Å². The van der Waals surface area contributed by atoms with Crippen molar-refractivity contribution in [3.63, 3.8) is 0 Å². The van der Waals surface area contributed by atoms with E-state index in [1.807, 2.05) is 0 Å². The van der Waals surface area contributed by atoms with Crippen LogP contribution in [-0.4, -0.2) is 26.3 Å². The van der Waals surface area contributed by atoms with Crippen LogP contribution in [0.3, 0.4) is 0 Å². The first-order valence-corrected chi connectivity index (χ1v) is 4.03. The molecule has 0 saturated carbocycles. The van der Waals surface area contributed by atoms with Gasteiger partial charge in [-0.3, -0.25) is 0 Å². The molecule has 3 heteroatoms. The molecule has 0 aromatic heterocycles. The van der Waals surface area contributed by atoms with E-state index in [1.54, 1.807) is 0 Å². The Morgan fingerprint density at radius 2 is 1.90 bits per heavy atom. The van der Waals surface area contributed by atoms with Crippen molar-refractivity contribution < 1.29 is 0 Å². The van der Waals surface area contributed by atoms with Crippen LogP contribution >= 0.6 is 0 Å². The second-order valence-electron chi connectivity index (χ2n) is 2.32. The first-order chi connectivity index (χ1) is 4.91. The molecule has 0 spiro atoms. The standard InChI is InChI=1S/C7H19N3/c1-2-5-9-7-10-6-3-4-8/h9-10H,2-8H2,1H3. The smallest absolute Gasteiger partial charge is 0.0454 e. The van der Waals surface area contributed by atoms with E-state index >= 15 is 0 Å². The van der Waals surface area contributed by atoms with Crippen LogP contribution in [-0.2, 0) is 0 Å². The number of hydrogen-bond acceptors (Lipinski definition) is 3. The van der Waals surface area contributed by atoms with Crippen LogP contribution in [0.5, 0.6) is 0 Å². The zero-order valence-electron chi connectivity index (χ0n) is 6.82. The SMILES string of the molecule is CCCNCNCCCN. The van der Waals surface area contributed by atoms with Crippen molar-refractivity contribution in [1.82, 2.24) is 10.6 Å². The molecule has 4 N–H and O–H groups in total. The summed E-state index contributed by atoms with van der Waals surface area (Å²) >= 11 is 0. The molecule has 0 saturated heterocycles. The summed E-state index contributed by atoms with van der Waals surface area (Å²) in [7, 11) is 0. The van der Waals surface area contributed by atoms with Crippen molar-refractivity contribution in [2.75, 3.05) is 26.3 Å². The fourth-order valence-corrected chi connectivity index (χ4v) is 0.669. The summed E-state index contributed by atoms with van der Waals surface area (Å²) in [6.45, 7) is 5.96. The molecule has 0 unspecified atom stereocenters. The Morgan fingerprint density at radius 1 is 1.20 bits per heavy atom. The van der Waals surface area contributed by atoms with Crippen LogP contribution in [0.1, 0.15) is 19.8 Å². The van der Waals surface area contributed by atoms with Crippen molar-refractivity contribution in [2.24, 2.45) is 5.73 Å². The van der Waals surface area contributed by atoms with Crippen LogP contribution < -0.4 is 16.4 Å². The topological polar surface area (TPSA) is 50.1 Å². The number of nitrogens with two attached hydrogens (primary N) is 1. The second-order valence-corrected chi connectivity index (χ2v) is 2.32. The molecule has 10 heavy (non-hydrogen) atoms. The molecule has 0 atom stereocenters. The summed E-state index contributed by atoms with van der Waals surface area (Å²) in [5.74, 6) is 0. The minimum Gasteiger partial charge on any atom is -0.330 e. The van der Waals surface area contributed by atoms with Gasteiger partial charge in [0.15, 0.2) is 0 Å². The van der Waals surface area contributed by atoms with Gasteiger partial charge in [-0.2, -0.15) is 0 Å². The molecular weight excluding hydrogens is 126 g/mol. The first kappa shape index (κ1) is 9.88. The summed E-state index contributed by atoms with van der Waals surface area (Å²) in [6, 6.07) is 0. The van der Waals surface area contributed by atoms with Crippen LogP contribution in [0.15, 0.2) is 0 Å². The average molecular weight is 145 g/mol. The van der Waals surface area contributed by atoms with E-state index in [1.165, 1.54) is 6.42 Å². The Bertz CT molecular complexity index is 48.8. The molecule has 0 heterocycles. The number of hydrogen-bond donors (Lipinski definition) is 3. The zero-order valence-corrected chi connectivity index (χ0v) is 6.82. The molecule has 0 radical (unpaired) electrons. The lowest BCUT2D eigenvalue weighted by atomic mass is 10.4. The molecule has 0 aliphatic rings. The molecule has 62 valence electrons. The van der Waals surface area contributed by atoms with E-state index in [9.17, 15) is 0 Å². The molecule has 0 bridgehead atoms. The molecule has 0 aliphatic heterocycles. The highest BCUT2D eigenvalue weighted by molar-refractivity contribution is 4.46. The van der Waals surface area contributed by atoms with Crippen molar-refractivity contribution in [2.45, 2.75) is 19.8 Å². The minimum atomic E-state index is 0.779. The lowest BCUT2D eigenvalue weighted by Gasteiger charge is -2.03. The van der Waals surface area contributed by atoms with Gasteiger partial charge in [-0.1, -0.05) is 6.92 Å². The van der Waals surface area contributed by atoms with Gasteiger partial charge in [0.2, 0.25) is 0 Å². The van der Waals surface area contributed by atoms with E-state index < -0.39 is 0 Å². The molecule has 0 fully saturated rings. The van der Waals surface area contributed by atoms with Gasteiger partial charge in [-0.15, -0.1) is 0 Å². The van der Waals surface area contributed by atoms with E-state index in [0.717, 1.165) is 32.7 Å². The fraction of sp³-hybridized carbons (Fsp3) is 1.00. The molecule has 0 aliphatic carbocycles. The lowest BCUT2D eigenvalue weighted by Crippen LogP contribution is -2.30. The summed E-state index contributed by atoms with van der Waals surface area (Å²) in [5, 5.41) is 6.47. The quantitative estimate of drug-likeness (QED) is 0.346. The van der Waals surface area contributed by atoms with Crippen LogP contribution in [0.2, 0.25) is 0 Å². The second kappa shape index (κ2) is 8.88. The average Bonchev–Trinajstić information content (AvgIpc) is 1.97. The molecule has 3 nitrogen and oxygen atoms in total. The summed E-state index contributed by atoms with van der Waals surface area (Å²) < 4.78 is 0. The van der Waals surface area contributed by atoms with Gasteiger partial charge in [-0.25, -0.2) is 0 Å². The highest BCUT2D eigenvalue weighted by Crippen LogP contribution is 1.69. The third-order valence-electron chi connectivity index (χ3n) is 1.23. The maximum Gasteiger partial charge on any atom is 0.0454 e. The number of rotatable bonds is 7. The molecule has 0 aromatic carbocycles. The largest absolute Gasteiger partial charge is 0.330 e. The Balaban J connectivity index is 2.65. The van der Waals surface area contributed by atoms with Gasteiger partial charge in [0.25, 0.3) is 0 Å². The van der Waals surface area contributed by atoms with Crippen molar-refractivity contribution in [1.29, 1.82) is 0 Å². The third kappa shape index (κ3) is 7.88. The van der Waals surface area contributed by atoms with E-state index in [2.05, 4.69) is 17.6 Å². The predicted molar refractivity (Wildman–Crippen MR) is 44.8 cm³/mol. The van der Waals surface area contributed by atoms with E-state index in [4.69, 9.17) is 5.73 Å². The first-order valence-electron chi connectivity index (χ1n) is 4.03. The maximum atomic E-state index is 5.31. The van der Waals surface area contributed by atoms with Gasteiger partial charge in [0.05, 0.1) is 0 Å². The highest BCUT2D eigenvalue weighted by Gasteiger charge is 1.83. The Hall–Kier alpha value is -0.120. The normalized spacial score (nSPS) is 10.2. The summed E-state index contributed by atoms with van der Waals surface area (Å²) in [6.07, 6.45) is 2.26. The van der Waals surface area contributed by atoms with E-state index in [-0.39, 0.29) is 0 Å². The van der Waals surface area contributed by atoms with Crippen LogP contribution in [0, 0.1) is 0 Å². The summed E-state index contributed by atoms with van der Waals surface area (Å²) in [4.78, 5) is 0. The monoisotopic (exact) mass is 145 g/mol. The molecular formula is C7H19N3. The van der Waals surface area contributed by atoms with Crippen molar-refractivity contribution >= 4 is 0 Å². The Kier molecular flexibility index (Phi) is 8.77. The Labute approximate surface area is 63.4 Å². The summed E-state index contributed by atoms with van der Waals surface area (Å²) in [5.41, 5.74) is 5.31. The van der Waals surface area contributed by atoms with Gasteiger partial charge in [-0.05, 0) is 32.5 Å². The predicted octanol–water partition coefficient (Wildman–Crippen LogP) is -0.118.